The molecule has 0 N–H and O–H groups in total. The van der Waals surface area contributed by atoms with E-state index in [0.29, 0.717) is 12.1 Å². The van der Waals surface area contributed by atoms with Gasteiger partial charge in [0.1, 0.15) is 17.5 Å². The van der Waals surface area contributed by atoms with Crippen molar-refractivity contribution < 1.29 is 18.0 Å². The van der Waals surface area contributed by atoms with E-state index in [2.05, 4.69) is 6.58 Å². The third kappa shape index (κ3) is 1.84. The maximum Gasteiger partial charge on any atom is 0.194 e. The van der Waals surface area contributed by atoms with Crippen molar-refractivity contribution in [2.45, 2.75) is 6.92 Å². The third-order valence-electron chi connectivity index (χ3n) is 1.62. The first kappa shape index (κ1) is 10.5. The number of rotatable bonds is 2. The molecule has 0 atom stereocenters. The van der Waals surface area contributed by atoms with Crippen molar-refractivity contribution in [1.82, 2.24) is 0 Å². The van der Waals surface area contributed by atoms with Crippen molar-refractivity contribution in [3.8, 4) is 0 Å². The van der Waals surface area contributed by atoms with E-state index in [9.17, 15) is 18.0 Å². The summed E-state index contributed by atoms with van der Waals surface area (Å²) in [5.41, 5.74) is -0.770. The van der Waals surface area contributed by atoms with Crippen molar-refractivity contribution in [3.05, 3.63) is 47.3 Å². The number of ketones is 1. The summed E-state index contributed by atoms with van der Waals surface area (Å²) in [6, 6.07) is 0.915. The Morgan fingerprint density at radius 3 is 2.00 bits per heavy atom. The number of hydrogen-bond acceptors (Lipinski definition) is 1. The molecule has 0 heterocycles. The minimum Gasteiger partial charge on any atom is -0.289 e. The van der Waals surface area contributed by atoms with Crippen LogP contribution in [0.15, 0.2) is 24.3 Å². The van der Waals surface area contributed by atoms with Crippen LogP contribution in [0.2, 0.25) is 0 Å². The molecule has 0 aliphatic rings. The summed E-state index contributed by atoms with van der Waals surface area (Å²) in [6.45, 7) is 4.58. The molecule has 0 spiro atoms. The molecule has 0 aliphatic carbocycles. The second kappa shape index (κ2) is 3.65. The molecule has 0 saturated heterocycles. The second-order valence-corrected chi connectivity index (χ2v) is 2.85. The van der Waals surface area contributed by atoms with Crippen LogP contribution in [0.25, 0.3) is 0 Å². The largest absolute Gasteiger partial charge is 0.289 e. The topological polar surface area (TPSA) is 17.1 Å². The smallest absolute Gasteiger partial charge is 0.194 e. The summed E-state index contributed by atoms with van der Waals surface area (Å²) in [6.07, 6.45) is 0. The Morgan fingerprint density at radius 2 is 1.64 bits per heavy atom. The van der Waals surface area contributed by atoms with Crippen molar-refractivity contribution in [2.75, 3.05) is 0 Å². The minimum absolute atomic E-state index is 0.00518. The fourth-order valence-corrected chi connectivity index (χ4v) is 0.973. The molecule has 4 heteroatoms. The van der Waals surface area contributed by atoms with Gasteiger partial charge in [0.2, 0.25) is 0 Å². The van der Waals surface area contributed by atoms with Gasteiger partial charge in [-0.3, -0.25) is 4.79 Å². The van der Waals surface area contributed by atoms with Crippen LogP contribution in [0.3, 0.4) is 0 Å². The zero-order valence-electron chi connectivity index (χ0n) is 7.40. The monoisotopic (exact) mass is 200 g/mol. The fraction of sp³-hybridized carbons (Fsp3) is 0.100. The number of halogens is 3. The van der Waals surface area contributed by atoms with Gasteiger partial charge in [-0.2, -0.15) is 0 Å². The number of Topliss-reactive ketones (excluding diaryl/α,β-unsaturated/α-hetero) is 1. The molecular formula is C10H7F3O. The fourth-order valence-electron chi connectivity index (χ4n) is 0.973. The van der Waals surface area contributed by atoms with Crippen LogP contribution in [-0.4, -0.2) is 5.78 Å². The van der Waals surface area contributed by atoms with Gasteiger partial charge in [-0.15, -0.1) is 0 Å². The molecule has 0 saturated carbocycles. The molecule has 74 valence electrons. The van der Waals surface area contributed by atoms with Gasteiger partial charge in [-0.1, -0.05) is 6.58 Å². The molecular weight excluding hydrogens is 193 g/mol. The van der Waals surface area contributed by atoms with Crippen LogP contribution < -0.4 is 0 Å². The summed E-state index contributed by atoms with van der Waals surface area (Å²) in [5.74, 6) is -4.34. The molecule has 0 aromatic heterocycles. The van der Waals surface area contributed by atoms with Crippen molar-refractivity contribution in [3.63, 3.8) is 0 Å². The highest BCUT2D eigenvalue weighted by molar-refractivity contribution is 6.08. The number of benzene rings is 1. The first-order valence-electron chi connectivity index (χ1n) is 3.78. The van der Waals surface area contributed by atoms with Crippen LogP contribution >= 0.6 is 0 Å². The van der Waals surface area contributed by atoms with Gasteiger partial charge in [0.05, 0.1) is 5.56 Å². The number of hydrogen-bond donors (Lipinski definition) is 0. The predicted octanol–water partition coefficient (Wildman–Crippen LogP) is 2.86. The molecule has 0 bridgehead atoms. The van der Waals surface area contributed by atoms with Gasteiger partial charge in [0.15, 0.2) is 5.78 Å². The van der Waals surface area contributed by atoms with Crippen molar-refractivity contribution in [2.24, 2.45) is 0 Å². The summed E-state index contributed by atoms with van der Waals surface area (Å²) in [7, 11) is 0. The molecule has 1 rings (SSSR count). The van der Waals surface area contributed by atoms with Crippen molar-refractivity contribution in [1.29, 1.82) is 0 Å². The van der Waals surface area contributed by atoms with Gasteiger partial charge < -0.3 is 0 Å². The van der Waals surface area contributed by atoms with Crippen LogP contribution in [0.4, 0.5) is 13.2 Å². The molecule has 1 aromatic rings. The quantitative estimate of drug-likeness (QED) is 0.530. The summed E-state index contributed by atoms with van der Waals surface area (Å²) < 4.78 is 38.4. The molecule has 14 heavy (non-hydrogen) atoms. The maximum absolute atomic E-state index is 13.0. The average Bonchev–Trinajstić information content (AvgIpc) is 2.01. The lowest BCUT2D eigenvalue weighted by Crippen LogP contribution is -2.07. The standard InChI is InChI=1S/C10H7F3O/c1-5(2)10(14)9-7(12)3-6(11)4-8(9)13/h3-4H,1H2,2H3. The highest BCUT2D eigenvalue weighted by Gasteiger charge is 2.18. The predicted molar refractivity (Wildman–Crippen MR) is 45.5 cm³/mol. The normalized spacial score (nSPS) is 10.0. The van der Waals surface area contributed by atoms with Gasteiger partial charge in [-0.05, 0) is 12.5 Å². The third-order valence-corrected chi connectivity index (χ3v) is 1.62. The van der Waals surface area contributed by atoms with E-state index < -0.39 is 28.8 Å². The van der Waals surface area contributed by atoms with Gasteiger partial charge >= 0.3 is 0 Å². The molecule has 0 amide bonds. The van der Waals surface area contributed by atoms with E-state index in [0.717, 1.165) is 0 Å². The number of carbonyl (C=O) groups excluding carboxylic acids is 1. The Kier molecular flexibility index (Phi) is 2.74. The SMILES string of the molecule is C=C(C)C(=O)c1c(F)cc(F)cc1F. The Labute approximate surface area is 78.9 Å². The Morgan fingerprint density at radius 1 is 1.21 bits per heavy atom. The zero-order valence-corrected chi connectivity index (χ0v) is 7.40. The lowest BCUT2D eigenvalue weighted by Gasteiger charge is -2.03. The van der Waals surface area contributed by atoms with Crippen LogP contribution in [0, 0.1) is 17.5 Å². The Hall–Kier alpha value is -1.58. The highest BCUT2D eigenvalue weighted by atomic mass is 19.1. The lowest BCUT2D eigenvalue weighted by atomic mass is 10.0. The van der Waals surface area contributed by atoms with E-state index in [4.69, 9.17) is 0 Å². The Balaban J connectivity index is 3.35. The van der Waals surface area contributed by atoms with E-state index in [1.54, 1.807) is 0 Å². The number of carbonyl (C=O) groups is 1. The van der Waals surface area contributed by atoms with E-state index in [1.165, 1.54) is 6.92 Å². The molecule has 0 radical (unpaired) electrons. The summed E-state index contributed by atoms with van der Waals surface area (Å²) >= 11 is 0. The van der Waals surface area contributed by atoms with Gasteiger partial charge in [0.25, 0.3) is 0 Å². The van der Waals surface area contributed by atoms with Crippen molar-refractivity contribution >= 4 is 5.78 Å². The van der Waals surface area contributed by atoms with Gasteiger partial charge in [0, 0.05) is 12.1 Å². The van der Waals surface area contributed by atoms with E-state index >= 15 is 0 Å². The summed E-state index contributed by atoms with van der Waals surface area (Å²) in [4.78, 5) is 11.2. The second-order valence-electron chi connectivity index (χ2n) is 2.85. The van der Waals surface area contributed by atoms with Crippen LogP contribution in [-0.2, 0) is 0 Å². The summed E-state index contributed by atoms with van der Waals surface area (Å²) in [5, 5.41) is 0. The van der Waals surface area contributed by atoms with E-state index in [1.807, 2.05) is 0 Å². The lowest BCUT2D eigenvalue weighted by molar-refractivity contribution is 0.102. The highest BCUT2D eigenvalue weighted by Crippen LogP contribution is 2.17. The molecule has 0 unspecified atom stereocenters. The molecule has 0 fully saturated rings. The van der Waals surface area contributed by atoms with Crippen LogP contribution in [0.5, 0.6) is 0 Å². The molecule has 1 nitrogen and oxygen atoms in total. The average molecular weight is 200 g/mol. The number of allylic oxidation sites excluding steroid dienone is 1. The van der Waals surface area contributed by atoms with Gasteiger partial charge in [-0.25, -0.2) is 13.2 Å². The van der Waals surface area contributed by atoms with Crippen LogP contribution in [0.1, 0.15) is 17.3 Å². The maximum atomic E-state index is 13.0. The molecule has 1 aromatic carbocycles. The molecule has 0 aliphatic heterocycles. The van der Waals surface area contributed by atoms with E-state index in [-0.39, 0.29) is 5.57 Å². The first-order chi connectivity index (χ1) is 6.43. The Bertz CT molecular complexity index is 387. The first-order valence-corrected chi connectivity index (χ1v) is 3.78. The zero-order chi connectivity index (χ0) is 10.9. The minimum atomic E-state index is -1.21.